The minimum atomic E-state index is -0.398. The van der Waals surface area contributed by atoms with E-state index in [0.29, 0.717) is 17.2 Å². The van der Waals surface area contributed by atoms with Crippen molar-refractivity contribution in [3.8, 4) is 5.69 Å². The van der Waals surface area contributed by atoms with Crippen LogP contribution in [0.1, 0.15) is 16.2 Å². The second-order valence-electron chi connectivity index (χ2n) is 4.70. The molecule has 0 saturated heterocycles. The first-order valence-corrected chi connectivity index (χ1v) is 6.69. The van der Waals surface area contributed by atoms with E-state index in [9.17, 15) is 9.18 Å². The molecule has 110 valence electrons. The number of rotatable bonds is 3. The van der Waals surface area contributed by atoms with Crippen LogP contribution in [0.3, 0.4) is 0 Å². The van der Waals surface area contributed by atoms with Crippen molar-refractivity contribution < 1.29 is 9.18 Å². The van der Waals surface area contributed by atoms with Crippen LogP contribution in [0, 0.1) is 12.7 Å². The molecule has 2 heterocycles. The smallest absolute Gasteiger partial charge is 0.277 e. The first-order valence-electron chi connectivity index (χ1n) is 6.69. The number of pyridine rings is 1. The quantitative estimate of drug-likeness (QED) is 0.808. The number of para-hydroxylation sites is 1. The Bertz CT molecular complexity index is 814. The number of hydrogen-bond donors (Lipinski definition) is 1. The Labute approximate surface area is 126 Å². The van der Waals surface area contributed by atoms with E-state index in [0.717, 1.165) is 0 Å². The summed E-state index contributed by atoms with van der Waals surface area (Å²) in [6.07, 6.45) is 1.58. The molecule has 3 rings (SSSR count). The number of amides is 1. The Morgan fingerprint density at radius 3 is 2.68 bits per heavy atom. The fourth-order valence-corrected chi connectivity index (χ4v) is 2.07. The van der Waals surface area contributed by atoms with Crippen LogP contribution in [0.4, 0.5) is 10.2 Å². The molecule has 22 heavy (non-hydrogen) atoms. The fraction of sp³-hybridized carbons (Fsp3) is 0.0625. The molecule has 5 nitrogen and oxygen atoms in total. The summed E-state index contributed by atoms with van der Waals surface area (Å²) < 4.78 is 15.2. The topological polar surface area (TPSA) is 59.8 Å². The molecule has 0 aliphatic heterocycles. The molecule has 3 aromatic rings. The molecule has 0 saturated carbocycles. The molecule has 6 heteroatoms. The van der Waals surface area contributed by atoms with Crippen LogP contribution in [0.25, 0.3) is 5.69 Å². The molecular formula is C16H13FN4O. The Hall–Kier alpha value is -3.02. The van der Waals surface area contributed by atoms with Gasteiger partial charge in [0.25, 0.3) is 5.91 Å². The van der Waals surface area contributed by atoms with Gasteiger partial charge in [0, 0.05) is 11.9 Å². The van der Waals surface area contributed by atoms with E-state index in [4.69, 9.17) is 0 Å². The summed E-state index contributed by atoms with van der Waals surface area (Å²) >= 11 is 0. The molecule has 0 aliphatic carbocycles. The van der Waals surface area contributed by atoms with Gasteiger partial charge in [0.05, 0.1) is 0 Å². The van der Waals surface area contributed by atoms with Crippen molar-refractivity contribution in [1.29, 1.82) is 0 Å². The summed E-state index contributed by atoms with van der Waals surface area (Å²) in [4.78, 5) is 16.2. The molecular weight excluding hydrogens is 283 g/mol. The highest BCUT2D eigenvalue weighted by molar-refractivity contribution is 6.02. The summed E-state index contributed by atoms with van der Waals surface area (Å²) in [7, 11) is 0. The number of anilines is 1. The Morgan fingerprint density at radius 2 is 1.95 bits per heavy atom. The lowest BCUT2D eigenvalue weighted by molar-refractivity contribution is 0.102. The minimum absolute atomic E-state index is 0.200. The summed E-state index contributed by atoms with van der Waals surface area (Å²) in [6, 6.07) is 13.1. The van der Waals surface area contributed by atoms with E-state index < -0.39 is 11.7 Å². The van der Waals surface area contributed by atoms with Crippen molar-refractivity contribution in [2.45, 2.75) is 6.92 Å². The molecule has 0 bridgehead atoms. The molecule has 0 atom stereocenters. The van der Waals surface area contributed by atoms with Crippen LogP contribution in [0.5, 0.6) is 0 Å². The summed E-state index contributed by atoms with van der Waals surface area (Å²) in [5.74, 6) is -0.354. The lowest BCUT2D eigenvalue weighted by atomic mass is 10.3. The van der Waals surface area contributed by atoms with Crippen LogP contribution in [-0.4, -0.2) is 20.7 Å². The van der Waals surface area contributed by atoms with Crippen molar-refractivity contribution in [3.05, 3.63) is 71.9 Å². The predicted molar refractivity (Wildman–Crippen MR) is 80.4 cm³/mol. The van der Waals surface area contributed by atoms with Gasteiger partial charge >= 0.3 is 0 Å². The monoisotopic (exact) mass is 296 g/mol. The average Bonchev–Trinajstić information content (AvgIpc) is 2.91. The molecule has 1 amide bonds. The number of halogens is 1. The molecule has 0 radical (unpaired) electrons. The average molecular weight is 296 g/mol. The van der Waals surface area contributed by atoms with Crippen molar-refractivity contribution in [3.63, 3.8) is 0 Å². The molecule has 1 N–H and O–H groups in total. The van der Waals surface area contributed by atoms with E-state index in [1.54, 1.807) is 55.6 Å². The second kappa shape index (κ2) is 5.77. The number of nitrogens with one attached hydrogen (secondary N) is 1. The maximum atomic E-state index is 13.8. The Morgan fingerprint density at radius 1 is 1.18 bits per heavy atom. The third-order valence-corrected chi connectivity index (χ3v) is 3.11. The molecule has 0 fully saturated rings. The normalized spacial score (nSPS) is 10.5. The Balaban J connectivity index is 1.89. The van der Waals surface area contributed by atoms with Crippen LogP contribution >= 0.6 is 0 Å². The van der Waals surface area contributed by atoms with E-state index in [1.165, 1.54) is 10.7 Å². The van der Waals surface area contributed by atoms with Gasteiger partial charge < -0.3 is 5.32 Å². The lowest BCUT2D eigenvalue weighted by Gasteiger charge is -2.05. The highest BCUT2D eigenvalue weighted by Gasteiger charge is 2.15. The van der Waals surface area contributed by atoms with Gasteiger partial charge in [-0.15, -0.1) is 0 Å². The number of aryl methyl sites for hydroxylation is 1. The van der Waals surface area contributed by atoms with Crippen molar-refractivity contribution in [2.24, 2.45) is 0 Å². The predicted octanol–water partition coefficient (Wildman–Crippen LogP) is 2.97. The number of aromatic nitrogens is 3. The van der Waals surface area contributed by atoms with Crippen LogP contribution < -0.4 is 5.32 Å². The number of nitrogens with zero attached hydrogens (tertiary/aromatic N) is 3. The third kappa shape index (κ3) is 2.71. The van der Waals surface area contributed by atoms with Gasteiger partial charge in [0.15, 0.2) is 5.69 Å². The fourth-order valence-electron chi connectivity index (χ4n) is 2.07. The van der Waals surface area contributed by atoms with E-state index >= 15 is 0 Å². The van der Waals surface area contributed by atoms with E-state index in [1.807, 2.05) is 0 Å². The number of carbonyl (C=O) groups excluding carboxylic acids is 1. The summed E-state index contributed by atoms with van der Waals surface area (Å²) in [5, 5.41) is 6.82. The van der Waals surface area contributed by atoms with Crippen molar-refractivity contribution >= 4 is 11.7 Å². The maximum Gasteiger partial charge on any atom is 0.277 e. The van der Waals surface area contributed by atoms with Gasteiger partial charge in [0.2, 0.25) is 0 Å². The van der Waals surface area contributed by atoms with Crippen molar-refractivity contribution in [1.82, 2.24) is 14.8 Å². The molecule has 0 unspecified atom stereocenters. The molecule has 0 spiro atoms. The highest BCUT2D eigenvalue weighted by Crippen LogP contribution is 2.16. The number of benzene rings is 1. The SMILES string of the molecule is Cc1cc(C(=O)Nc2ccccn2)nn1-c1ccccc1F. The molecule has 2 aromatic heterocycles. The van der Waals surface area contributed by atoms with Crippen molar-refractivity contribution in [2.75, 3.05) is 5.32 Å². The minimum Gasteiger partial charge on any atom is -0.305 e. The van der Waals surface area contributed by atoms with Crippen LogP contribution in [0.2, 0.25) is 0 Å². The number of carbonyl (C=O) groups is 1. The molecule has 1 aromatic carbocycles. The standard InChI is InChI=1S/C16H13FN4O/c1-11-10-13(16(22)19-15-8-4-5-9-18-15)20-21(11)14-7-3-2-6-12(14)17/h2-10H,1H3,(H,18,19,22). The first kappa shape index (κ1) is 13.9. The third-order valence-electron chi connectivity index (χ3n) is 3.11. The van der Waals surface area contributed by atoms with Gasteiger partial charge in [-0.1, -0.05) is 18.2 Å². The van der Waals surface area contributed by atoms with Gasteiger partial charge in [-0.05, 0) is 37.3 Å². The summed E-state index contributed by atoms with van der Waals surface area (Å²) in [5.41, 5.74) is 1.17. The zero-order valence-electron chi connectivity index (χ0n) is 11.8. The number of hydrogen-bond acceptors (Lipinski definition) is 3. The van der Waals surface area contributed by atoms with Crippen LogP contribution in [0.15, 0.2) is 54.7 Å². The zero-order valence-corrected chi connectivity index (χ0v) is 11.8. The van der Waals surface area contributed by atoms with E-state index in [-0.39, 0.29) is 5.69 Å². The van der Waals surface area contributed by atoms with Gasteiger partial charge in [-0.25, -0.2) is 14.1 Å². The van der Waals surface area contributed by atoms with E-state index in [2.05, 4.69) is 15.4 Å². The second-order valence-corrected chi connectivity index (χ2v) is 4.70. The Kier molecular flexibility index (Phi) is 3.65. The van der Waals surface area contributed by atoms with Gasteiger partial charge in [-0.2, -0.15) is 5.10 Å². The summed E-state index contributed by atoms with van der Waals surface area (Å²) in [6.45, 7) is 1.76. The molecule has 0 aliphatic rings. The van der Waals surface area contributed by atoms with Gasteiger partial charge in [-0.3, -0.25) is 4.79 Å². The van der Waals surface area contributed by atoms with Crippen LogP contribution in [-0.2, 0) is 0 Å². The van der Waals surface area contributed by atoms with Gasteiger partial charge in [0.1, 0.15) is 17.3 Å². The highest BCUT2D eigenvalue weighted by atomic mass is 19.1. The maximum absolute atomic E-state index is 13.8. The zero-order chi connectivity index (χ0) is 15.5. The largest absolute Gasteiger partial charge is 0.305 e. The lowest BCUT2D eigenvalue weighted by Crippen LogP contribution is -2.14. The first-order chi connectivity index (χ1) is 10.6.